The molecule has 78 valence electrons. The van der Waals surface area contributed by atoms with Crippen molar-refractivity contribution < 1.29 is 4.74 Å². The maximum absolute atomic E-state index is 5.55. The van der Waals surface area contributed by atoms with Gasteiger partial charge in [-0.05, 0) is 31.5 Å². The van der Waals surface area contributed by atoms with Gasteiger partial charge in [-0.25, -0.2) is 0 Å². The molecule has 0 fully saturated rings. The second-order valence-corrected chi connectivity index (χ2v) is 3.36. The van der Waals surface area contributed by atoms with E-state index in [1.807, 2.05) is 30.3 Å². The maximum atomic E-state index is 5.55. The quantitative estimate of drug-likeness (QED) is 0.675. The van der Waals surface area contributed by atoms with Crippen molar-refractivity contribution in [2.45, 2.75) is 25.7 Å². The summed E-state index contributed by atoms with van der Waals surface area (Å²) < 4.78 is 5.55. The van der Waals surface area contributed by atoms with Crippen LogP contribution in [0.25, 0.3) is 0 Å². The van der Waals surface area contributed by atoms with Gasteiger partial charge in [0.1, 0.15) is 5.75 Å². The molecule has 1 rings (SSSR count). The number of unbranched alkanes of at least 4 members (excludes halogenated alkanes) is 3. The number of nitrogens with two attached hydrogens (primary N) is 1. The summed E-state index contributed by atoms with van der Waals surface area (Å²) in [4.78, 5) is 0. The van der Waals surface area contributed by atoms with E-state index >= 15 is 0 Å². The molecule has 0 spiro atoms. The van der Waals surface area contributed by atoms with Gasteiger partial charge in [0.05, 0.1) is 6.61 Å². The minimum Gasteiger partial charge on any atom is -0.494 e. The zero-order valence-corrected chi connectivity index (χ0v) is 8.61. The molecule has 1 aromatic carbocycles. The summed E-state index contributed by atoms with van der Waals surface area (Å²) in [7, 11) is 0. The number of hydrogen-bond donors (Lipinski definition) is 1. The molecular weight excluding hydrogens is 174 g/mol. The molecule has 0 aliphatic heterocycles. The third kappa shape index (κ3) is 4.87. The van der Waals surface area contributed by atoms with Gasteiger partial charge in [-0.2, -0.15) is 0 Å². The molecule has 2 heteroatoms. The lowest BCUT2D eigenvalue weighted by Gasteiger charge is -2.04. The molecule has 0 heterocycles. The summed E-state index contributed by atoms with van der Waals surface area (Å²) in [6.45, 7) is 1.62. The Morgan fingerprint density at radius 2 is 1.64 bits per heavy atom. The van der Waals surface area contributed by atoms with Crippen LogP contribution in [0, 0.1) is 0 Å². The zero-order chi connectivity index (χ0) is 10.1. The highest BCUT2D eigenvalue weighted by molar-refractivity contribution is 5.20. The van der Waals surface area contributed by atoms with Crippen LogP contribution in [-0.4, -0.2) is 13.2 Å². The van der Waals surface area contributed by atoms with Crippen LogP contribution in [0.2, 0.25) is 0 Å². The van der Waals surface area contributed by atoms with Crippen LogP contribution in [0.1, 0.15) is 25.7 Å². The average Bonchev–Trinajstić information content (AvgIpc) is 2.25. The number of hydrogen-bond acceptors (Lipinski definition) is 2. The van der Waals surface area contributed by atoms with E-state index in [9.17, 15) is 0 Å². The van der Waals surface area contributed by atoms with Gasteiger partial charge in [0.15, 0.2) is 0 Å². The Balaban J connectivity index is 1.99. The van der Waals surface area contributed by atoms with Gasteiger partial charge in [0, 0.05) is 0 Å². The van der Waals surface area contributed by atoms with Gasteiger partial charge in [-0.1, -0.05) is 31.0 Å². The van der Waals surface area contributed by atoms with E-state index in [1.165, 1.54) is 12.8 Å². The minimum atomic E-state index is 0.805. The lowest BCUT2D eigenvalue weighted by molar-refractivity contribution is 0.305. The smallest absolute Gasteiger partial charge is 0.119 e. The predicted molar refractivity (Wildman–Crippen MR) is 59.5 cm³/mol. The normalized spacial score (nSPS) is 10.1. The molecule has 0 aliphatic rings. The molecule has 0 atom stereocenters. The fourth-order valence-corrected chi connectivity index (χ4v) is 1.31. The van der Waals surface area contributed by atoms with Crippen molar-refractivity contribution in [2.24, 2.45) is 5.73 Å². The first kappa shape index (κ1) is 11.1. The van der Waals surface area contributed by atoms with E-state index in [1.54, 1.807) is 0 Å². The summed E-state index contributed by atoms with van der Waals surface area (Å²) in [6, 6.07) is 9.95. The predicted octanol–water partition coefficient (Wildman–Crippen LogP) is 2.58. The Morgan fingerprint density at radius 3 is 2.36 bits per heavy atom. The van der Waals surface area contributed by atoms with E-state index in [0.717, 1.165) is 31.7 Å². The first-order valence-electron chi connectivity index (χ1n) is 5.31. The first-order chi connectivity index (χ1) is 6.93. The Kier molecular flexibility index (Phi) is 5.84. The molecule has 1 aromatic rings. The second-order valence-electron chi connectivity index (χ2n) is 3.36. The van der Waals surface area contributed by atoms with Crippen molar-refractivity contribution in [3.63, 3.8) is 0 Å². The highest BCUT2D eigenvalue weighted by atomic mass is 16.5. The van der Waals surface area contributed by atoms with Gasteiger partial charge in [-0.3, -0.25) is 0 Å². The molecule has 2 N–H and O–H groups in total. The Hall–Kier alpha value is -1.02. The zero-order valence-electron chi connectivity index (χ0n) is 8.61. The molecular formula is C12H19NO. The summed E-state index contributed by atoms with van der Waals surface area (Å²) in [5.41, 5.74) is 5.40. The monoisotopic (exact) mass is 193 g/mol. The molecule has 0 bridgehead atoms. The van der Waals surface area contributed by atoms with E-state index in [-0.39, 0.29) is 0 Å². The highest BCUT2D eigenvalue weighted by Gasteiger charge is 1.91. The lowest BCUT2D eigenvalue weighted by atomic mass is 10.2. The van der Waals surface area contributed by atoms with Gasteiger partial charge in [-0.15, -0.1) is 0 Å². The molecule has 0 unspecified atom stereocenters. The van der Waals surface area contributed by atoms with E-state index in [0.29, 0.717) is 0 Å². The average molecular weight is 193 g/mol. The molecule has 0 saturated heterocycles. The van der Waals surface area contributed by atoms with Crippen LogP contribution in [0.5, 0.6) is 5.75 Å². The molecule has 0 aromatic heterocycles. The molecule has 14 heavy (non-hydrogen) atoms. The van der Waals surface area contributed by atoms with Gasteiger partial charge in [0.2, 0.25) is 0 Å². The van der Waals surface area contributed by atoms with Crippen LogP contribution in [0.15, 0.2) is 30.3 Å². The standard InChI is InChI=1S/C12H19NO/c13-10-6-1-2-7-11-14-12-8-4-3-5-9-12/h3-5,8-9H,1-2,6-7,10-11,13H2. The highest BCUT2D eigenvalue weighted by Crippen LogP contribution is 2.09. The lowest BCUT2D eigenvalue weighted by Crippen LogP contribution is -2.00. The van der Waals surface area contributed by atoms with Crippen LogP contribution >= 0.6 is 0 Å². The third-order valence-electron chi connectivity index (χ3n) is 2.11. The Bertz CT molecular complexity index is 223. The van der Waals surface area contributed by atoms with Crippen LogP contribution in [0.3, 0.4) is 0 Å². The Labute approximate surface area is 86.1 Å². The fraction of sp³-hybridized carbons (Fsp3) is 0.500. The first-order valence-corrected chi connectivity index (χ1v) is 5.31. The number of rotatable bonds is 7. The van der Waals surface area contributed by atoms with Crippen molar-refractivity contribution in [2.75, 3.05) is 13.2 Å². The van der Waals surface area contributed by atoms with Gasteiger partial charge in [0.25, 0.3) is 0 Å². The SMILES string of the molecule is NCCCCCCOc1ccccc1. The minimum absolute atomic E-state index is 0.805. The molecule has 0 amide bonds. The van der Waals surface area contributed by atoms with Crippen molar-refractivity contribution >= 4 is 0 Å². The second kappa shape index (κ2) is 7.39. The Morgan fingerprint density at radius 1 is 0.929 bits per heavy atom. The third-order valence-corrected chi connectivity index (χ3v) is 2.11. The van der Waals surface area contributed by atoms with Crippen LogP contribution in [-0.2, 0) is 0 Å². The molecule has 0 radical (unpaired) electrons. The van der Waals surface area contributed by atoms with Crippen LogP contribution in [0.4, 0.5) is 0 Å². The largest absolute Gasteiger partial charge is 0.494 e. The molecule has 0 aliphatic carbocycles. The topological polar surface area (TPSA) is 35.2 Å². The van der Waals surface area contributed by atoms with Crippen molar-refractivity contribution in [3.05, 3.63) is 30.3 Å². The number of para-hydroxylation sites is 1. The van der Waals surface area contributed by atoms with Crippen LogP contribution < -0.4 is 10.5 Å². The van der Waals surface area contributed by atoms with E-state index < -0.39 is 0 Å². The van der Waals surface area contributed by atoms with Crippen molar-refractivity contribution in [3.8, 4) is 5.75 Å². The van der Waals surface area contributed by atoms with E-state index in [2.05, 4.69) is 0 Å². The van der Waals surface area contributed by atoms with Crippen molar-refractivity contribution in [1.29, 1.82) is 0 Å². The van der Waals surface area contributed by atoms with E-state index in [4.69, 9.17) is 10.5 Å². The summed E-state index contributed by atoms with van der Waals surface area (Å²) in [5, 5.41) is 0. The van der Waals surface area contributed by atoms with Crippen molar-refractivity contribution in [1.82, 2.24) is 0 Å². The maximum Gasteiger partial charge on any atom is 0.119 e. The molecule has 0 saturated carbocycles. The summed E-state index contributed by atoms with van der Waals surface area (Å²) in [6.07, 6.45) is 4.68. The fourth-order valence-electron chi connectivity index (χ4n) is 1.31. The summed E-state index contributed by atoms with van der Waals surface area (Å²) >= 11 is 0. The summed E-state index contributed by atoms with van der Waals surface area (Å²) in [5.74, 6) is 0.964. The number of ether oxygens (including phenoxy) is 1. The molecule has 2 nitrogen and oxygen atoms in total. The van der Waals surface area contributed by atoms with Gasteiger partial charge >= 0.3 is 0 Å². The van der Waals surface area contributed by atoms with Gasteiger partial charge < -0.3 is 10.5 Å². The number of benzene rings is 1.